The molecule has 1 atom stereocenters. The summed E-state index contributed by atoms with van der Waals surface area (Å²) in [5.74, 6) is -0.175. The average molecular weight is 852 g/mol. The third-order valence-electron chi connectivity index (χ3n) is 11.0. The predicted octanol–water partition coefficient (Wildman–Crippen LogP) is 5.75. The molecule has 6 rings (SSSR count). The molecule has 0 unspecified atom stereocenters. The van der Waals surface area contributed by atoms with Crippen molar-refractivity contribution < 1.29 is 33.4 Å². The Morgan fingerprint density at radius 2 is 1.44 bits per heavy atom. The van der Waals surface area contributed by atoms with Crippen LogP contribution in [0.3, 0.4) is 0 Å². The molecule has 16 heteroatoms. The molecule has 2 aliphatic heterocycles. The molecule has 332 valence electrons. The maximum atomic E-state index is 14.0. The Morgan fingerprint density at radius 3 is 2.06 bits per heavy atom. The summed E-state index contributed by atoms with van der Waals surface area (Å²) in [4.78, 5) is 67.8. The Labute approximate surface area is 363 Å². The molecule has 5 amide bonds. The van der Waals surface area contributed by atoms with Gasteiger partial charge in [-0.05, 0) is 133 Å². The number of nitrogens with zero attached hydrogens (tertiary/aromatic N) is 2. The molecule has 62 heavy (non-hydrogen) atoms. The van der Waals surface area contributed by atoms with Crippen molar-refractivity contribution in [2.24, 2.45) is 16.9 Å². The third-order valence-corrected chi connectivity index (χ3v) is 11.0. The molecule has 1 aliphatic carbocycles. The first-order chi connectivity index (χ1) is 29.5. The fraction of sp³-hybridized carbons (Fsp3) is 0.478. The predicted molar refractivity (Wildman–Crippen MR) is 237 cm³/mol. The van der Waals surface area contributed by atoms with Gasteiger partial charge in [-0.2, -0.15) is 0 Å². The molecule has 1 saturated heterocycles. The van der Waals surface area contributed by atoms with E-state index >= 15 is 0 Å². The fourth-order valence-corrected chi connectivity index (χ4v) is 7.73. The first-order valence-electron chi connectivity index (χ1n) is 21.5. The number of ether oxygens (including phenoxy) is 2. The second-order valence-electron chi connectivity index (χ2n) is 18.2. The van der Waals surface area contributed by atoms with Gasteiger partial charge in [0.15, 0.2) is 5.84 Å². The van der Waals surface area contributed by atoms with Crippen molar-refractivity contribution >= 4 is 41.4 Å². The van der Waals surface area contributed by atoms with Crippen LogP contribution in [0.5, 0.6) is 0 Å². The van der Waals surface area contributed by atoms with E-state index in [2.05, 4.69) is 42.9 Å². The highest BCUT2D eigenvalue weighted by atomic mass is 16.6. The quantitative estimate of drug-likeness (QED) is 0.118. The third kappa shape index (κ3) is 13.2. The van der Waals surface area contributed by atoms with E-state index in [1.54, 1.807) is 23.1 Å². The van der Waals surface area contributed by atoms with Gasteiger partial charge in [-0.3, -0.25) is 19.8 Å². The van der Waals surface area contributed by atoms with Crippen LogP contribution in [0.4, 0.5) is 15.3 Å². The largest absolute Gasteiger partial charge is 0.444 e. The number of hydrogen-bond donors (Lipinski definition) is 7. The molecule has 0 radical (unpaired) electrons. The second kappa shape index (κ2) is 20.1. The molecular formula is C46H61N9O7. The van der Waals surface area contributed by atoms with E-state index in [1.165, 1.54) is 0 Å². The van der Waals surface area contributed by atoms with Crippen molar-refractivity contribution in [3.05, 3.63) is 89.5 Å². The number of alkyl carbamates (subject to hydrolysis) is 1. The van der Waals surface area contributed by atoms with Gasteiger partial charge in [0.1, 0.15) is 17.2 Å². The monoisotopic (exact) mass is 851 g/mol. The molecule has 0 bridgehead atoms. The molecular weight excluding hydrogens is 791 g/mol. The van der Waals surface area contributed by atoms with Gasteiger partial charge in [-0.1, -0.05) is 42.5 Å². The second-order valence-corrected chi connectivity index (χ2v) is 18.2. The number of piperidine rings is 1. The van der Waals surface area contributed by atoms with Crippen LogP contribution in [0.15, 0.2) is 77.9 Å². The van der Waals surface area contributed by atoms with Crippen molar-refractivity contribution in [2.75, 3.05) is 25.0 Å². The van der Waals surface area contributed by atoms with Crippen molar-refractivity contribution in [1.29, 1.82) is 0 Å². The van der Waals surface area contributed by atoms with Crippen molar-refractivity contribution in [3.63, 3.8) is 0 Å². The molecule has 3 aliphatic rings. The normalized spacial score (nSPS) is 18.5. The molecule has 3 aromatic rings. The molecule has 7 N–H and O–H groups in total. The van der Waals surface area contributed by atoms with E-state index in [4.69, 9.17) is 9.47 Å². The zero-order chi connectivity index (χ0) is 44.4. The van der Waals surface area contributed by atoms with Crippen molar-refractivity contribution in [1.82, 2.24) is 37.3 Å². The average Bonchev–Trinajstić information content (AvgIpc) is 3.78. The molecule has 0 aromatic heterocycles. The van der Waals surface area contributed by atoms with Gasteiger partial charge in [-0.15, -0.1) is 10.6 Å². The SMILES string of the molecule is CC(C)(C)OC(=O)NCC1CCC(C(=O)N[C@@H](Cc2ccc(-c3ccccc3C(=O)NC3CCN(C(=O)OC(C)(C)C)CC3)cc2)C(=O)Nc2ccc(C3=NNNN3)cc2)CC1. The molecule has 2 fully saturated rings. The van der Waals surface area contributed by atoms with Crippen LogP contribution >= 0.6 is 0 Å². The number of nitrogens with one attached hydrogen (secondary N) is 7. The Hall–Kier alpha value is -6.16. The maximum Gasteiger partial charge on any atom is 0.410 e. The van der Waals surface area contributed by atoms with Crippen molar-refractivity contribution in [3.8, 4) is 11.1 Å². The van der Waals surface area contributed by atoms with Crippen LogP contribution in [-0.2, 0) is 25.5 Å². The lowest BCUT2D eigenvalue weighted by Crippen LogP contribution is -2.48. The molecule has 2 heterocycles. The van der Waals surface area contributed by atoms with Crippen molar-refractivity contribution in [2.45, 2.75) is 110 Å². The fourth-order valence-electron chi connectivity index (χ4n) is 7.73. The van der Waals surface area contributed by atoms with Crippen LogP contribution in [0.25, 0.3) is 11.1 Å². The summed E-state index contributed by atoms with van der Waals surface area (Å²) in [6, 6.07) is 21.3. The van der Waals surface area contributed by atoms with Gasteiger partial charge < -0.3 is 35.6 Å². The van der Waals surface area contributed by atoms with Gasteiger partial charge in [0.25, 0.3) is 5.91 Å². The lowest BCUT2D eigenvalue weighted by Gasteiger charge is -2.33. The highest BCUT2D eigenvalue weighted by molar-refractivity contribution is 6.02. The summed E-state index contributed by atoms with van der Waals surface area (Å²) in [5.41, 5.74) is 11.4. The van der Waals surface area contributed by atoms with Gasteiger partial charge in [0, 0.05) is 54.8 Å². The first-order valence-corrected chi connectivity index (χ1v) is 21.5. The Balaban J connectivity index is 1.09. The maximum absolute atomic E-state index is 14.0. The number of amidine groups is 1. The van der Waals surface area contributed by atoms with Crippen LogP contribution in [-0.4, -0.2) is 83.6 Å². The zero-order valence-corrected chi connectivity index (χ0v) is 36.6. The number of hydrazine groups is 2. The van der Waals surface area contributed by atoms with E-state index in [0.29, 0.717) is 62.4 Å². The minimum Gasteiger partial charge on any atom is -0.444 e. The number of rotatable bonds is 12. The standard InChI is InChI=1S/C46H61N9O7/c1-45(2,3)61-43(59)47-28-30-13-17-33(18-14-30)40(56)50-38(42(58)49-34-21-19-32(20-22-34)39-51-53-54-52-39)27-29-11-15-31(16-12-29)36-9-7-8-10-37(36)41(57)48-35-23-25-55(26-24-35)44(60)62-46(4,5)6/h7-12,15-16,19-22,30,33,35,38,53-54H,13-14,17-18,23-28H2,1-6H3,(H,47,59)(H,48,57)(H,49,58)(H,50,56)(H,51,52)/t30?,33?,38-/m0/s1. The van der Waals surface area contributed by atoms with Gasteiger partial charge in [0.05, 0.1) is 0 Å². The van der Waals surface area contributed by atoms with E-state index in [0.717, 1.165) is 35.1 Å². The molecule has 1 saturated carbocycles. The van der Waals surface area contributed by atoms with Crippen LogP contribution < -0.4 is 37.8 Å². The first kappa shape index (κ1) is 45.4. The highest BCUT2D eigenvalue weighted by Crippen LogP contribution is 2.30. The number of amides is 5. The van der Waals surface area contributed by atoms with Crippen LogP contribution in [0, 0.1) is 11.8 Å². The summed E-state index contributed by atoms with van der Waals surface area (Å²) in [6.45, 7) is 12.5. The van der Waals surface area contributed by atoms with Gasteiger partial charge in [-0.25, -0.2) is 15.1 Å². The van der Waals surface area contributed by atoms with Gasteiger partial charge in [0.2, 0.25) is 11.8 Å². The minimum atomic E-state index is -0.881. The lowest BCUT2D eigenvalue weighted by molar-refractivity contribution is -0.130. The van der Waals surface area contributed by atoms with Gasteiger partial charge >= 0.3 is 12.2 Å². The Kier molecular flexibility index (Phi) is 14.7. The van der Waals surface area contributed by atoms with E-state index < -0.39 is 23.3 Å². The summed E-state index contributed by atoms with van der Waals surface area (Å²) in [5, 5.41) is 16.2. The minimum absolute atomic E-state index is 0.0858. The number of benzene rings is 3. The number of hydrazone groups is 1. The number of carbonyl (C=O) groups excluding carboxylic acids is 5. The summed E-state index contributed by atoms with van der Waals surface area (Å²) < 4.78 is 10.9. The zero-order valence-electron chi connectivity index (χ0n) is 36.6. The van der Waals surface area contributed by atoms with E-state index in [9.17, 15) is 24.0 Å². The summed E-state index contributed by atoms with van der Waals surface area (Å²) >= 11 is 0. The van der Waals surface area contributed by atoms with E-state index in [-0.39, 0.29) is 48.1 Å². The molecule has 0 spiro atoms. The molecule has 3 aromatic carbocycles. The van der Waals surface area contributed by atoms with E-state index in [1.807, 2.05) is 96.1 Å². The summed E-state index contributed by atoms with van der Waals surface area (Å²) in [6.07, 6.45) is 3.47. The smallest absolute Gasteiger partial charge is 0.410 e. The Bertz CT molecular complexity index is 2080. The topological polar surface area (TPSA) is 204 Å². The Morgan fingerprint density at radius 1 is 0.790 bits per heavy atom. The number of anilines is 1. The van der Waals surface area contributed by atoms with Crippen LogP contribution in [0.1, 0.15) is 102 Å². The number of likely N-dealkylation sites (tertiary alicyclic amines) is 1. The molecule has 16 nitrogen and oxygen atoms in total. The lowest BCUT2D eigenvalue weighted by atomic mass is 9.81. The number of hydrogen-bond acceptors (Lipinski definition) is 11. The highest BCUT2D eigenvalue weighted by Gasteiger charge is 2.31. The number of carbonyl (C=O) groups is 5. The summed E-state index contributed by atoms with van der Waals surface area (Å²) in [7, 11) is 0. The van der Waals surface area contributed by atoms with Crippen LogP contribution in [0.2, 0.25) is 0 Å².